The minimum Gasteiger partial charge on any atom is -0.496 e. The Bertz CT molecular complexity index is 531. The number of aromatic nitrogens is 2. The van der Waals surface area contributed by atoms with Crippen molar-refractivity contribution in [3.8, 4) is 16.9 Å². The van der Waals surface area contributed by atoms with Gasteiger partial charge in [0.25, 0.3) is 0 Å². The van der Waals surface area contributed by atoms with Crippen molar-refractivity contribution in [3.63, 3.8) is 0 Å². The summed E-state index contributed by atoms with van der Waals surface area (Å²) < 4.78 is 5.38. The first-order chi connectivity index (χ1) is 8.17. The normalized spacial score (nSPS) is 10.5. The average molecular weight is 231 g/mol. The molecule has 1 aromatic heterocycles. The molecule has 2 aromatic rings. The van der Waals surface area contributed by atoms with Gasteiger partial charge in [-0.3, -0.25) is 5.10 Å². The van der Waals surface area contributed by atoms with Crippen LogP contribution in [0.1, 0.15) is 18.2 Å². The number of anilines is 1. The Balaban J connectivity index is 2.66. The lowest BCUT2D eigenvalue weighted by molar-refractivity contribution is 0.416. The van der Waals surface area contributed by atoms with Gasteiger partial charge in [-0.25, -0.2) is 0 Å². The first-order valence-corrected chi connectivity index (χ1v) is 5.65. The molecule has 0 saturated heterocycles. The summed E-state index contributed by atoms with van der Waals surface area (Å²) in [5.74, 6) is 1.34. The first-order valence-electron chi connectivity index (χ1n) is 5.65. The Labute approximate surface area is 101 Å². The molecule has 0 amide bonds. The zero-order valence-corrected chi connectivity index (χ0v) is 10.4. The summed E-state index contributed by atoms with van der Waals surface area (Å²) >= 11 is 0. The van der Waals surface area contributed by atoms with Crippen LogP contribution in [-0.4, -0.2) is 17.3 Å². The molecule has 1 heterocycles. The molecule has 4 heteroatoms. The number of nitrogen functional groups attached to an aromatic ring is 1. The zero-order chi connectivity index (χ0) is 12.4. The van der Waals surface area contributed by atoms with E-state index in [9.17, 15) is 0 Å². The van der Waals surface area contributed by atoms with E-state index in [1.807, 2.05) is 19.1 Å². The summed E-state index contributed by atoms with van der Waals surface area (Å²) in [7, 11) is 1.66. The Morgan fingerprint density at radius 3 is 2.82 bits per heavy atom. The van der Waals surface area contributed by atoms with Gasteiger partial charge in [-0.05, 0) is 25.5 Å². The highest BCUT2D eigenvalue weighted by Gasteiger charge is 2.15. The number of ether oxygens (including phenoxy) is 1. The standard InChI is InChI=1S/C13H17N3O/c1-4-10-12(13(14)16-15-10)9-7-8(2)5-6-11(9)17-3/h5-7H,4H2,1-3H3,(H3,14,15,16). The van der Waals surface area contributed by atoms with Gasteiger partial charge in [0.1, 0.15) is 5.75 Å². The van der Waals surface area contributed by atoms with Crippen molar-refractivity contribution in [2.45, 2.75) is 20.3 Å². The Hall–Kier alpha value is -1.97. The van der Waals surface area contributed by atoms with Gasteiger partial charge in [0, 0.05) is 11.3 Å². The third-order valence-electron chi connectivity index (χ3n) is 2.85. The first kappa shape index (κ1) is 11.5. The molecule has 2 rings (SSSR count). The van der Waals surface area contributed by atoms with Crippen LogP contribution in [0.4, 0.5) is 5.82 Å². The summed E-state index contributed by atoms with van der Waals surface area (Å²) in [6, 6.07) is 6.04. The summed E-state index contributed by atoms with van der Waals surface area (Å²) in [6.45, 7) is 4.11. The topological polar surface area (TPSA) is 63.9 Å². The zero-order valence-electron chi connectivity index (χ0n) is 10.4. The van der Waals surface area contributed by atoms with Crippen molar-refractivity contribution in [3.05, 3.63) is 29.5 Å². The maximum absolute atomic E-state index is 5.92. The van der Waals surface area contributed by atoms with Gasteiger partial charge in [-0.2, -0.15) is 5.10 Å². The molecule has 4 nitrogen and oxygen atoms in total. The SMILES string of the molecule is CCc1[nH]nc(N)c1-c1cc(C)ccc1OC. The summed E-state index contributed by atoms with van der Waals surface area (Å²) in [4.78, 5) is 0. The second-order valence-electron chi connectivity index (χ2n) is 4.02. The van der Waals surface area contributed by atoms with E-state index < -0.39 is 0 Å². The van der Waals surface area contributed by atoms with Gasteiger partial charge in [0.2, 0.25) is 0 Å². The molecule has 17 heavy (non-hydrogen) atoms. The van der Waals surface area contributed by atoms with Gasteiger partial charge < -0.3 is 10.5 Å². The number of aromatic amines is 1. The number of methoxy groups -OCH3 is 1. The fraction of sp³-hybridized carbons (Fsp3) is 0.308. The van der Waals surface area contributed by atoms with E-state index in [2.05, 4.69) is 23.2 Å². The van der Waals surface area contributed by atoms with Crippen molar-refractivity contribution in [2.24, 2.45) is 0 Å². The number of rotatable bonds is 3. The molecular formula is C13H17N3O. The summed E-state index contributed by atoms with van der Waals surface area (Å²) in [6.07, 6.45) is 0.858. The number of benzene rings is 1. The van der Waals surface area contributed by atoms with E-state index in [-0.39, 0.29) is 0 Å². The van der Waals surface area contributed by atoms with Crippen LogP contribution in [0.5, 0.6) is 5.75 Å². The van der Waals surface area contributed by atoms with Crippen LogP contribution in [0.3, 0.4) is 0 Å². The van der Waals surface area contributed by atoms with Crippen LogP contribution >= 0.6 is 0 Å². The van der Waals surface area contributed by atoms with Crippen molar-refractivity contribution in [1.29, 1.82) is 0 Å². The van der Waals surface area contributed by atoms with E-state index in [0.717, 1.165) is 29.0 Å². The molecule has 90 valence electrons. The average Bonchev–Trinajstić information content (AvgIpc) is 2.70. The highest BCUT2D eigenvalue weighted by molar-refractivity contribution is 5.81. The number of hydrogen-bond donors (Lipinski definition) is 2. The third-order valence-corrected chi connectivity index (χ3v) is 2.85. The molecule has 0 spiro atoms. The molecule has 0 fully saturated rings. The molecule has 0 aliphatic rings. The predicted molar refractivity (Wildman–Crippen MR) is 69.1 cm³/mol. The number of nitrogens with one attached hydrogen (secondary N) is 1. The molecule has 0 bridgehead atoms. The molecule has 0 aliphatic heterocycles. The van der Waals surface area contributed by atoms with Gasteiger partial charge in [0.15, 0.2) is 5.82 Å². The van der Waals surface area contributed by atoms with E-state index in [1.165, 1.54) is 5.56 Å². The maximum Gasteiger partial charge on any atom is 0.153 e. The van der Waals surface area contributed by atoms with Crippen molar-refractivity contribution < 1.29 is 4.74 Å². The fourth-order valence-corrected chi connectivity index (χ4v) is 1.97. The number of aryl methyl sites for hydroxylation is 2. The molecular weight excluding hydrogens is 214 g/mol. The molecule has 1 aromatic carbocycles. The van der Waals surface area contributed by atoms with E-state index in [0.29, 0.717) is 5.82 Å². The number of nitrogens with two attached hydrogens (primary N) is 1. The van der Waals surface area contributed by atoms with Crippen LogP contribution in [0.25, 0.3) is 11.1 Å². The Morgan fingerprint density at radius 2 is 2.18 bits per heavy atom. The lowest BCUT2D eigenvalue weighted by atomic mass is 10.0. The lowest BCUT2D eigenvalue weighted by Crippen LogP contribution is -1.94. The van der Waals surface area contributed by atoms with Crippen LogP contribution in [0.15, 0.2) is 18.2 Å². The molecule has 0 aliphatic carbocycles. The summed E-state index contributed by atoms with van der Waals surface area (Å²) in [5, 5.41) is 7.03. The fourth-order valence-electron chi connectivity index (χ4n) is 1.97. The second kappa shape index (κ2) is 4.49. The van der Waals surface area contributed by atoms with Gasteiger partial charge in [0.05, 0.1) is 12.7 Å². The Morgan fingerprint density at radius 1 is 1.41 bits per heavy atom. The number of nitrogens with zero attached hydrogens (tertiary/aromatic N) is 1. The van der Waals surface area contributed by atoms with E-state index >= 15 is 0 Å². The minimum atomic E-state index is 0.519. The predicted octanol–water partition coefficient (Wildman–Crippen LogP) is 2.54. The lowest BCUT2D eigenvalue weighted by Gasteiger charge is -2.10. The van der Waals surface area contributed by atoms with Crippen molar-refractivity contribution in [2.75, 3.05) is 12.8 Å². The maximum atomic E-state index is 5.92. The molecule has 0 radical (unpaired) electrons. The number of H-pyrrole nitrogens is 1. The minimum absolute atomic E-state index is 0.519. The van der Waals surface area contributed by atoms with Crippen LogP contribution in [0.2, 0.25) is 0 Å². The summed E-state index contributed by atoms with van der Waals surface area (Å²) in [5.41, 5.74) is 10.1. The monoisotopic (exact) mass is 231 g/mol. The van der Waals surface area contributed by atoms with Gasteiger partial charge >= 0.3 is 0 Å². The smallest absolute Gasteiger partial charge is 0.153 e. The van der Waals surface area contributed by atoms with Crippen LogP contribution < -0.4 is 10.5 Å². The van der Waals surface area contributed by atoms with E-state index in [4.69, 9.17) is 10.5 Å². The van der Waals surface area contributed by atoms with E-state index in [1.54, 1.807) is 7.11 Å². The molecule has 0 unspecified atom stereocenters. The second-order valence-corrected chi connectivity index (χ2v) is 4.02. The number of hydrogen-bond acceptors (Lipinski definition) is 3. The highest BCUT2D eigenvalue weighted by atomic mass is 16.5. The largest absolute Gasteiger partial charge is 0.496 e. The van der Waals surface area contributed by atoms with Crippen molar-refractivity contribution >= 4 is 5.82 Å². The Kier molecular flexibility index (Phi) is 3.04. The van der Waals surface area contributed by atoms with Gasteiger partial charge in [-0.1, -0.05) is 18.6 Å². The molecule has 0 atom stereocenters. The molecule has 3 N–H and O–H groups in total. The highest BCUT2D eigenvalue weighted by Crippen LogP contribution is 2.36. The van der Waals surface area contributed by atoms with Crippen LogP contribution in [0, 0.1) is 6.92 Å². The third kappa shape index (κ3) is 1.98. The van der Waals surface area contributed by atoms with Crippen LogP contribution in [-0.2, 0) is 6.42 Å². The van der Waals surface area contributed by atoms with Crippen molar-refractivity contribution in [1.82, 2.24) is 10.2 Å². The van der Waals surface area contributed by atoms with Gasteiger partial charge in [-0.15, -0.1) is 0 Å². The molecule has 0 saturated carbocycles. The quantitative estimate of drug-likeness (QED) is 0.853.